The quantitative estimate of drug-likeness (QED) is 0.110. The summed E-state index contributed by atoms with van der Waals surface area (Å²) < 4.78 is 0. The Bertz CT molecular complexity index is 4720. The first-order valence-corrected chi connectivity index (χ1v) is 27.8. The Morgan fingerprint density at radius 3 is 0.725 bits per heavy atom. The molecule has 0 saturated carbocycles. The van der Waals surface area contributed by atoms with Gasteiger partial charge in [-0.15, -0.1) is 0 Å². The fourth-order valence-corrected chi connectivity index (χ4v) is 13.5. The molecule has 0 radical (unpaired) electrons. The molecule has 0 spiro atoms. The predicted octanol–water partition coefficient (Wildman–Crippen LogP) is 22.6. The minimum absolute atomic E-state index is 1.19. The standard InChI is InChI=1S/C80H50/c1-3-23-51(24-4-1)59-45-43-55(73-47-53-27-7-9-29-57(53)61-31-11-13-33-63(61)73)49-75(59)77-65-35-15-19-39-69(65)79(70-40-20-16-36-66(70)77)80-71-41-21-17-37-67(71)78(68-38-18-22-42-72(68)80)76-50-56(44-46-60(76)52-25-5-2-6-26-52)74-48-54-28-8-10-30-58(54)62-32-12-14-34-64(62)74/h1-50H. The molecule has 370 valence electrons. The number of benzene rings is 16. The van der Waals surface area contributed by atoms with E-state index in [-0.39, 0.29) is 0 Å². The summed E-state index contributed by atoms with van der Waals surface area (Å²) >= 11 is 0. The molecular formula is C80H50. The highest BCUT2D eigenvalue weighted by Gasteiger charge is 2.25. The van der Waals surface area contributed by atoms with E-state index in [1.165, 1.54) is 164 Å². The Labute approximate surface area is 464 Å². The lowest BCUT2D eigenvalue weighted by Gasteiger charge is -2.24. The summed E-state index contributed by atoms with van der Waals surface area (Å²) in [7, 11) is 0. The maximum absolute atomic E-state index is 2.48. The van der Waals surface area contributed by atoms with Crippen LogP contribution in [0.25, 0.3) is 164 Å². The van der Waals surface area contributed by atoms with Crippen molar-refractivity contribution in [1.82, 2.24) is 0 Å². The Balaban J connectivity index is 0.985. The third-order valence-corrected chi connectivity index (χ3v) is 17.0. The summed E-state index contributed by atoms with van der Waals surface area (Å²) in [5.74, 6) is 0. The first-order valence-electron chi connectivity index (χ1n) is 27.8. The summed E-state index contributed by atoms with van der Waals surface area (Å²) in [6, 6.07) is 113. The van der Waals surface area contributed by atoms with Crippen LogP contribution >= 0.6 is 0 Å². The average Bonchev–Trinajstić information content (AvgIpc) is 3.71. The van der Waals surface area contributed by atoms with Crippen LogP contribution in [0, 0.1) is 0 Å². The molecule has 16 rings (SSSR count). The summed E-state index contributed by atoms with van der Waals surface area (Å²) in [5, 5.41) is 19.8. The van der Waals surface area contributed by atoms with E-state index in [9.17, 15) is 0 Å². The molecule has 0 amide bonds. The zero-order valence-corrected chi connectivity index (χ0v) is 43.9. The molecule has 0 heteroatoms. The van der Waals surface area contributed by atoms with E-state index in [1.807, 2.05) is 0 Å². The minimum Gasteiger partial charge on any atom is -0.0622 e. The van der Waals surface area contributed by atoms with Crippen LogP contribution in [0.4, 0.5) is 0 Å². The lowest BCUT2D eigenvalue weighted by atomic mass is 9.79. The van der Waals surface area contributed by atoms with Crippen molar-refractivity contribution in [2.75, 3.05) is 0 Å². The predicted molar refractivity (Wildman–Crippen MR) is 345 cm³/mol. The van der Waals surface area contributed by atoms with Crippen molar-refractivity contribution in [3.05, 3.63) is 303 Å². The Morgan fingerprint density at radius 2 is 0.388 bits per heavy atom. The van der Waals surface area contributed by atoms with Gasteiger partial charge >= 0.3 is 0 Å². The number of fused-ring (bicyclic) bond motifs is 10. The SMILES string of the molecule is c1ccc(-c2ccc(-c3cc4ccccc4c4ccccc34)cc2-c2c3ccccc3c(-c3c4ccccc4c(-c4cc(-c5cc6ccccc6c6ccccc56)ccc4-c4ccccc4)c4ccccc34)c3ccccc23)cc1. The van der Waals surface area contributed by atoms with Crippen LogP contribution in [0.5, 0.6) is 0 Å². The molecule has 0 nitrogen and oxygen atoms in total. The first kappa shape index (κ1) is 45.8. The molecule has 0 aliphatic heterocycles. The van der Waals surface area contributed by atoms with E-state index in [0.717, 1.165) is 0 Å². The van der Waals surface area contributed by atoms with Gasteiger partial charge in [0.05, 0.1) is 0 Å². The smallest absolute Gasteiger partial charge is 0.00139 e. The fraction of sp³-hybridized carbons (Fsp3) is 0. The van der Waals surface area contributed by atoms with E-state index in [2.05, 4.69) is 303 Å². The summed E-state index contributed by atoms with van der Waals surface area (Å²) in [6.07, 6.45) is 0. The fourth-order valence-electron chi connectivity index (χ4n) is 13.5. The van der Waals surface area contributed by atoms with Crippen LogP contribution < -0.4 is 0 Å². The van der Waals surface area contributed by atoms with Crippen LogP contribution in [-0.4, -0.2) is 0 Å². The molecule has 16 aromatic rings. The van der Waals surface area contributed by atoms with Gasteiger partial charge in [-0.25, -0.2) is 0 Å². The number of hydrogen-bond donors (Lipinski definition) is 0. The van der Waals surface area contributed by atoms with Crippen LogP contribution in [0.3, 0.4) is 0 Å². The Hall–Kier alpha value is -10.4. The van der Waals surface area contributed by atoms with Gasteiger partial charge in [-0.2, -0.15) is 0 Å². The van der Waals surface area contributed by atoms with Crippen molar-refractivity contribution in [2.45, 2.75) is 0 Å². The third kappa shape index (κ3) is 7.23. The summed E-state index contributed by atoms with van der Waals surface area (Å²) in [5.41, 5.74) is 17.0. The molecule has 0 bridgehead atoms. The highest BCUT2D eigenvalue weighted by molar-refractivity contribution is 6.31. The van der Waals surface area contributed by atoms with Crippen molar-refractivity contribution in [2.24, 2.45) is 0 Å². The largest absolute Gasteiger partial charge is 0.0622 e. The van der Waals surface area contributed by atoms with E-state index in [4.69, 9.17) is 0 Å². The van der Waals surface area contributed by atoms with Gasteiger partial charge in [0.15, 0.2) is 0 Å². The van der Waals surface area contributed by atoms with Gasteiger partial charge in [-0.1, -0.05) is 279 Å². The molecule has 0 aliphatic rings. The second kappa shape index (κ2) is 18.7. The lowest BCUT2D eigenvalue weighted by molar-refractivity contribution is 1.59. The topological polar surface area (TPSA) is 0 Å². The van der Waals surface area contributed by atoms with Crippen molar-refractivity contribution in [3.63, 3.8) is 0 Å². The second-order valence-electron chi connectivity index (χ2n) is 21.3. The highest BCUT2D eigenvalue weighted by Crippen LogP contribution is 2.53. The molecule has 16 aromatic carbocycles. The minimum atomic E-state index is 1.19. The van der Waals surface area contributed by atoms with Crippen molar-refractivity contribution in [1.29, 1.82) is 0 Å². The van der Waals surface area contributed by atoms with Crippen molar-refractivity contribution >= 4 is 86.2 Å². The summed E-state index contributed by atoms with van der Waals surface area (Å²) in [4.78, 5) is 0. The monoisotopic (exact) mass is 1010 g/mol. The van der Waals surface area contributed by atoms with Gasteiger partial charge in [0.25, 0.3) is 0 Å². The van der Waals surface area contributed by atoms with E-state index in [0.29, 0.717) is 0 Å². The zero-order valence-electron chi connectivity index (χ0n) is 43.9. The molecule has 0 fully saturated rings. The molecule has 0 aromatic heterocycles. The Morgan fingerprint density at radius 1 is 0.125 bits per heavy atom. The van der Waals surface area contributed by atoms with E-state index < -0.39 is 0 Å². The number of hydrogen-bond acceptors (Lipinski definition) is 0. The maximum Gasteiger partial charge on any atom is -0.00139 e. The highest BCUT2D eigenvalue weighted by atomic mass is 14.3. The molecular weight excluding hydrogens is 961 g/mol. The van der Waals surface area contributed by atoms with Crippen LogP contribution in [-0.2, 0) is 0 Å². The molecule has 0 saturated heterocycles. The van der Waals surface area contributed by atoms with Crippen LogP contribution in [0.2, 0.25) is 0 Å². The van der Waals surface area contributed by atoms with Gasteiger partial charge in [0, 0.05) is 0 Å². The van der Waals surface area contributed by atoms with Crippen LogP contribution in [0.15, 0.2) is 303 Å². The van der Waals surface area contributed by atoms with Gasteiger partial charge < -0.3 is 0 Å². The average molecular weight is 1010 g/mol. The summed E-state index contributed by atoms with van der Waals surface area (Å²) in [6.45, 7) is 0. The third-order valence-electron chi connectivity index (χ3n) is 17.0. The first-order chi connectivity index (χ1) is 39.7. The zero-order chi connectivity index (χ0) is 52.7. The molecule has 0 unspecified atom stereocenters. The van der Waals surface area contributed by atoms with Crippen molar-refractivity contribution in [3.8, 4) is 77.9 Å². The number of rotatable bonds is 7. The molecule has 0 heterocycles. The molecule has 80 heavy (non-hydrogen) atoms. The van der Waals surface area contributed by atoms with E-state index >= 15 is 0 Å². The lowest BCUT2D eigenvalue weighted by Crippen LogP contribution is -1.96. The van der Waals surface area contributed by atoms with E-state index in [1.54, 1.807) is 0 Å². The van der Waals surface area contributed by atoms with Gasteiger partial charge in [0.2, 0.25) is 0 Å². The maximum atomic E-state index is 2.48. The molecule has 0 atom stereocenters. The molecule has 0 aliphatic carbocycles. The Kier molecular flexibility index (Phi) is 10.7. The van der Waals surface area contributed by atoms with Crippen LogP contribution in [0.1, 0.15) is 0 Å². The van der Waals surface area contributed by atoms with Gasteiger partial charge in [0.1, 0.15) is 0 Å². The van der Waals surface area contributed by atoms with Gasteiger partial charge in [-0.05, 0) is 188 Å². The second-order valence-corrected chi connectivity index (χ2v) is 21.3. The molecule has 0 N–H and O–H groups in total. The van der Waals surface area contributed by atoms with Gasteiger partial charge in [-0.3, -0.25) is 0 Å². The normalized spacial score (nSPS) is 11.8. The van der Waals surface area contributed by atoms with Crippen molar-refractivity contribution < 1.29 is 0 Å².